The van der Waals surface area contributed by atoms with Crippen LogP contribution in [0.15, 0.2) is 36.4 Å². The molecule has 1 aliphatic carbocycles. The summed E-state index contributed by atoms with van der Waals surface area (Å²) in [4.78, 5) is 37.6. The fourth-order valence-electron chi connectivity index (χ4n) is 3.09. The van der Waals surface area contributed by atoms with Crippen molar-refractivity contribution in [3.63, 3.8) is 0 Å². The zero-order valence-corrected chi connectivity index (χ0v) is 12.5. The second-order valence-corrected chi connectivity index (χ2v) is 5.79. The first-order valence-corrected chi connectivity index (χ1v) is 7.62. The first-order valence-electron chi connectivity index (χ1n) is 7.62. The lowest BCUT2D eigenvalue weighted by Gasteiger charge is -2.14. The molecule has 3 rings (SSSR count). The number of halogens is 1. The lowest BCUT2D eigenvalue weighted by molar-refractivity contribution is -0.140. The second-order valence-electron chi connectivity index (χ2n) is 5.79. The van der Waals surface area contributed by atoms with Crippen molar-refractivity contribution in [3.05, 3.63) is 42.2 Å². The molecule has 1 N–H and O–H groups in total. The summed E-state index contributed by atoms with van der Waals surface area (Å²) >= 11 is 0. The fraction of sp³-hybridized carbons (Fsp3) is 0.353. The van der Waals surface area contributed by atoms with E-state index in [-0.39, 0.29) is 42.5 Å². The molecule has 1 aromatic rings. The molecule has 120 valence electrons. The maximum absolute atomic E-state index is 13.1. The van der Waals surface area contributed by atoms with Crippen molar-refractivity contribution in [1.29, 1.82) is 0 Å². The van der Waals surface area contributed by atoms with Gasteiger partial charge in [0.25, 0.3) is 0 Å². The number of anilines is 1. The van der Waals surface area contributed by atoms with Crippen molar-refractivity contribution < 1.29 is 18.8 Å². The van der Waals surface area contributed by atoms with E-state index < -0.39 is 5.82 Å². The second kappa shape index (κ2) is 6.32. The Kier molecular flexibility index (Phi) is 4.23. The van der Waals surface area contributed by atoms with Gasteiger partial charge in [0, 0.05) is 18.7 Å². The molecule has 2 atom stereocenters. The van der Waals surface area contributed by atoms with Gasteiger partial charge in [0.1, 0.15) is 5.82 Å². The smallest absolute Gasteiger partial charge is 0.233 e. The highest BCUT2D eigenvalue weighted by Gasteiger charge is 2.46. The first-order chi connectivity index (χ1) is 11.1. The number of likely N-dealkylation sites (tertiary alicyclic amines) is 1. The predicted molar refractivity (Wildman–Crippen MR) is 81.7 cm³/mol. The molecule has 2 aliphatic rings. The zero-order valence-electron chi connectivity index (χ0n) is 12.5. The molecule has 3 amide bonds. The van der Waals surface area contributed by atoms with Crippen LogP contribution in [0, 0.1) is 17.7 Å². The topological polar surface area (TPSA) is 66.5 Å². The van der Waals surface area contributed by atoms with Gasteiger partial charge in [0.15, 0.2) is 0 Å². The summed E-state index contributed by atoms with van der Waals surface area (Å²) in [5.74, 6) is -1.74. The predicted octanol–water partition coefficient (Wildman–Crippen LogP) is 2.11. The lowest BCUT2D eigenvalue weighted by atomic mass is 9.85. The Hall–Kier alpha value is -2.50. The van der Waals surface area contributed by atoms with Gasteiger partial charge in [0.2, 0.25) is 17.7 Å². The third kappa shape index (κ3) is 3.16. The standard InChI is InChI=1S/C17H17FN2O3/c18-11-4-3-5-12(10-11)19-15(21)8-9-20-16(22)13-6-1-2-7-14(13)17(20)23/h1-5,10,13-14H,6-9H2,(H,19,21)/t13-,14-/m1/s1. The molecule has 0 aromatic heterocycles. The van der Waals surface area contributed by atoms with Gasteiger partial charge < -0.3 is 5.32 Å². The molecular formula is C17H17FN2O3. The number of benzene rings is 1. The van der Waals surface area contributed by atoms with Gasteiger partial charge in [-0.3, -0.25) is 19.3 Å². The van der Waals surface area contributed by atoms with E-state index >= 15 is 0 Å². The van der Waals surface area contributed by atoms with Crippen LogP contribution in [0.2, 0.25) is 0 Å². The summed E-state index contributed by atoms with van der Waals surface area (Å²) in [5.41, 5.74) is 0.354. The van der Waals surface area contributed by atoms with E-state index in [1.807, 2.05) is 12.2 Å². The molecule has 1 heterocycles. The minimum atomic E-state index is -0.440. The normalized spacial score (nSPS) is 23.1. The van der Waals surface area contributed by atoms with Gasteiger partial charge in [-0.1, -0.05) is 18.2 Å². The Morgan fingerprint density at radius 2 is 1.83 bits per heavy atom. The number of allylic oxidation sites excluding steroid dienone is 2. The van der Waals surface area contributed by atoms with E-state index in [4.69, 9.17) is 0 Å². The van der Waals surface area contributed by atoms with E-state index in [1.165, 1.54) is 23.1 Å². The summed E-state index contributed by atoms with van der Waals surface area (Å²) in [5, 5.41) is 2.56. The maximum Gasteiger partial charge on any atom is 0.233 e. The molecule has 6 heteroatoms. The highest BCUT2D eigenvalue weighted by atomic mass is 19.1. The number of nitrogens with one attached hydrogen (secondary N) is 1. The van der Waals surface area contributed by atoms with E-state index in [1.54, 1.807) is 6.07 Å². The van der Waals surface area contributed by atoms with Crippen LogP contribution < -0.4 is 5.32 Å². The van der Waals surface area contributed by atoms with Gasteiger partial charge in [0.05, 0.1) is 11.8 Å². The highest BCUT2D eigenvalue weighted by Crippen LogP contribution is 2.34. The summed E-state index contributed by atoms with van der Waals surface area (Å²) in [6, 6.07) is 5.57. The molecule has 23 heavy (non-hydrogen) atoms. The largest absolute Gasteiger partial charge is 0.326 e. The Morgan fingerprint density at radius 1 is 1.17 bits per heavy atom. The number of hydrogen-bond donors (Lipinski definition) is 1. The van der Waals surface area contributed by atoms with Crippen molar-refractivity contribution in [2.45, 2.75) is 19.3 Å². The Labute approximate surface area is 133 Å². The fourth-order valence-corrected chi connectivity index (χ4v) is 3.09. The number of nitrogens with zero attached hydrogens (tertiary/aromatic N) is 1. The van der Waals surface area contributed by atoms with Crippen LogP contribution >= 0.6 is 0 Å². The highest BCUT2D eigenvalue weighted by molar-refractivity contribution is 6.05. The SMILES string of the molecule is O=C(CCN1C(=O)[C@@H]2CC=CC[C@H]2C1=O)Nc1cccc(F)c1. The van der Waals surface area contributed by atoms with E-state index in [2.05, 4.69) is 5.32 Å². The van der Waals surface area contributed by atoms with Crippen molar-refractivity contribution >= 4 is 23.4 Å². The van der Waals surface area contributed by atoms with Crippen LogP contribution in [0.4, 0.5) is 10.1 Å². The van der Waals surface area contributed by atoms with Gasteiger partial charge in [-0.25, -0.2) is 4.39 Å². The molecular weight excluding hydrogens is 299 g/mol. The van der Waals surface area contributed by atoms with E-state index in [0.717, 1.165) is 0 Å². The van der Waals surface area contributed by atoms with E-state index in [0.29, 0.717) is 18.5 Å². The minimum absolute atomic E-state index is 0.000855. The molecule has 0 saturated carbocycles. The molecule has 1 aliphatic heterocycles. The van der Waals surface area contributed by atoms with Crippen molar-refractivity contribution in [2.24, 2.45) is 11.8 Å². The third-order valence-electron chi connectivity index (χ3n) is 4.27. The van der Waals surface area contributed by atoms with Crippen molar-refractivity contribution in [3.8, 4) is 0 Å². The molecule has 1 fully saturated rings. The maximum atomic E-state index is 13.1. The zero-order chi connectivity index (χ0) is 16.4. The van der Waals surface area contributed by atoms with Crippen molar-refractivity contribution in [1.82, 2.24) is 4.90 Å². The van der Waals surface area contributed by atoms with E-state index in [9.17, 15) is 18.8 Å². The number of rotatable bonds is 4. The summed E-state index contributed by atoms with van der Waals surface area (Å²) in [6.07, 6.45) is 5.02. The van der Waals surface area contributed by atoms with Gasteiger partial charge in [-0.05, 0) is 31.0 Å². The number of carbonyl (C=O) groups is 3. The van der Waals surface area contributed by atoms with Crippen LogP contribution in [0.5, 0.6) is 0 Å². The molecule has 1 aromatic carbocycles. The number of amides is 3. The summed E-state index contributed by atoms with van der Waals surface area (Å²) in [6.45, 7) is 0.0613. The van der Waals surface area contributed by atoms with Gasteiger partial charge >= 0.3 is 0 Å². The van der Waals surface area contributed by atoms with Crippen molar-refractivity contribution in [2.75, 3.05) is 11.9 Å². The summed E-state index contributed by atoms with van der Waals surface area (Å²) < 4.78 is 13.1. The van der Waals surface area contributed by atoms with Crippen LogP contribution in [0.3, 0.4) is 0 Å². The Bertz CT molecular complexity index is 660. The molecule has 0 bridgehead atoms. The van der Waals surface area contributed by atoms with Crippen LogP contribution in [0.25, 0.3) is 0 Å². The number of hydrogen-bond acceptors (Lipinski definition) is 3. The van der Waals surface area contributed by atoms with Gasteiger partial charge in [-0.15, -0.1) is 0 Å². The lowest BCUT2D eigenvalue weighted by Crippen LogP contribution is -2.34. The molecule has 0 radical (unpaired) electrons. The third-order valence-corrected chi connectivity index (χ3v) is 4.27. The quantitative estimate of drug-likeness (QED) is 0.683. The van der Waals surface area contributed by atoms with Crippen LogP contribution in [-0.2, 0) is 14.4 Å². The molecule has 0 unspecified atom stereocenters. The molecule has 0 spiro atoms. The van der Waals surface area contributed by atoms with Gasteiger partial charge in [-0.2, -0.15) is 0 Å². The monoisotopic (exact) mass is 316 g/mol. The molecule has 5 nitrogen and oxygen atoms in total. The Balaban J connectivity index is 1.57. The minimum Gasteiger partial charge on any atom is -0.326 e. The summed E-state index contributed by atoms with van der Waals surface area (Å²) in [7, 11) is 0. The van der Waals surface area contributed by atoms with Crippen LogP contribution in [0.1, 0.15) is 19.3 Å². The average molecular weight is 316 g/mol. The Morgan fingerprint density at radius 3 is 2.43 bits per heavy atom. The number of fused-ring (bicyclic) bond motifs is 1. The first kappa shape index (κ1) is 15.4. The number of carbonyl (C=O) groups excluding carboxylic acids is 3. The van der Waals surface area contributed by atoms with Crippen LogP contribution in [-0.4, -0.2) is 29.2 Å². The average Bonchev–Trinajstić information content (AvgIpc) is 2.77. The number of imide groups is 1. The molecule has 1 saturated heterocycles.